The maximum absolute atomic E-state index is 13.6. The Morgan fingerprint density at radius 3 is 2.30 bits per heavy atom. The number of para-hydroxylation sites is 1. The molecule has 4 rings (SSSR count). The number of nitrogens with zero attached hydrogens (tertiary/aromatic N) is 4. The van der Waals surface area contributed by atoms with Crippen molar-refractivity contribution in [1.82, 2.24) is 15.1 Å². The summed E-state index contributed by atoms with van der Waals surface area (Å²) < 4.78 is 31.9. The average molecular weight is 410 g/mol. The minimum Gasteiger partial charge on any atom is -0.481 e. The third kappa shape index (κ3) is 4.53. The Kier molecular flexibility index (Phi) is 5.83. The Morgan fingerprint density at radius 1 is 0.900 bits per heavy atom. The second-order valence-electron chi connectivity index (χ2n) is 6.87. The topological polar surface area (TPSA) is 58.6 Å². The number of amides is 1. The Labute approximate surface area is 172 Å². The number of aromatic nitrogens is 2. The molecule has 1 aromatic heterocycles. The van der Waals surface area contributed by atoms with Gasteiger partial charge < -0.3 is 14.5 Å². The van der Waals surface area contributed by atoms with Gasteiger partial charge in [-0.15, -0.1) is 10.2 Å². The van der Waals surface area contributed by atoms with E-state index >= 15 is 0 Å². The molecule has 1 fully saturated rings. The number of benzene rings is 2. The van der Waals surface area contributed by atoms with Gasteiger partial charge in [0, 0.05) is 31.7 Å². The van der Waals surface area contributed by atoms with Crippen LogP contribution in [0, 0.1) is 11.6 Å². The van der Waals surface area contributed by atoms with Gasteiger partial charge >= 0.3 is 0 Å². The van der Waals surface area contributed by atoms with Crippen LogP contribution in [0.5, 0.6) is 5.75 Å². The summed E-state index contributed by atoms with van der Waals surface area (Å²) in [5, 5.41) is 8.50. The van der Waals surface area contributed by atoms with Crippen molar-refractivity contribution < 1.29 is 18.3 Å². The highest BCUT2D eigenvalue weighted by molar-refractivity contribution is 5.78. The van der Waals surface area contributed by atoms with Crippen molar-refractivity contribution in [2.45, 2.75) is 0 Å². The van der Waals surface area contributed by atoms with E-state index in [0.717, 1.165) is 11.4 Å². The third-order valence-electron chi connectivity index (χ3n) is 4.93. The number of carbonyl (C=O) groups is 1. The summed E-state index contributed by atoms with van der Waals surface area (Å²) >= 11 is 0. The summed E-state index contributed by atoms with van der Waals surface area (Å²) in [5.74, 6) is -0.181. The van der Waals surface area contributed by atoms with Gasteiger partial charge in [-0.2, -0.15) is 0 Å². The van der Waals surface area contributed by atoms with E-state index < -0.39 is 5.82 Å². The van der Waals surface area contributed by atoms with Crippen LogP contribution in [0.15, 0.2) is 60.7 Å². The first-order valence-corrected chi connectivity index (χ1v) is 9.60. The molecule has 0 bridgehead atoms. The second kappa shape index (κ2) is 8.86. The molecule has 6 nitrogen and oxygen atoms in total. The van der Waals surface area contributed by atoms with Crippen molar-refractivity contribution in [3.05, 3.63) is 72.3 Å². The van der Waals surface area contributed by atoms with Gasteiger partial charge in [-0.1, -0.05) is 12.1 Å². The number of carbonyl (C=O) groups excluding carboxylic acids is 1. The molecule has 0 spiro atoms. The van der Waals surface area contributed by atoms with Crippen LogP contribution in [-0.2, 0) is 4.79 Å². The second-order valence-corrected chi connectivity index (χ2v) is 6.87. The lowest BCUT2D eigenvalue weighted by Gasteiger charge is -2.35. The molecule has 30 heavy (non-hydrogen) atoms. The van der Waals surface area contributed by atoms with E-state index in [1.807, 2.05) is 17.0 Å². The van der Waals surface area contributed by atoms with Crippen molar-refractivity contribution in [1.29, 1.82) is 0 Å². The summed E-state index contributed by atoms with van der Waals surface area (Å²) in [6, 6.07) is 15.8. The summed E-state index contributed by atoms with van der Waals surface area (Å²) in [7, 11) is 0. The van der Waals surface area contributed by atoms with Crippen LogP contribution in [0.4, 0.5) is 14.6 Å². The van der Waals surface area contributed by atoms with Crippen LogP contribution >= 0.6 is 0 Å². The SMILES string of the molecule is O=C(COc1ccccc1F)N1CCN(c2ccc(-c3ccc(F)cc3)nn2)CC1. The summed E-state index contributed by atoms with van der Waals surface area (Å²) in [5.41, 5.74) is 1.46. The largest absolute Gasteiger partial charge is 0.481 e. The normalized spacial score (nSPS) is 13.9. The lowest BCUT2D eigenvalue weighted by molar-refractivity contribution is -0.133. The van der Waals surface area contributed by atoms with Crippen molar-refractivity contribution in [2.75, 3.05) is 37.7 Å². The summed E-state index contributed by atoms with van der Waals surface area (Å²) in [4.78, 5) is 16.1. The van der Waals surface area contributed by atoms with Gasteiger partial charge in [0.25, 0.3) is 5.91 Å². The maximum Gasteiger partial charge on any atom is 0.260 e. The number of piperazine rings is 1. The van der Waals surface area contributed by atoms with E-state index in [4.69, 9.17) is 4.74 Å². The number of hydrogen-bond acceptors (Lipinski definition) is 5. The van der Waals surface area contributed by atoms with E-state index in [1.165, 1.54) is 24.3 Å². The zero-order valence-electron chi connectivity index (χ0n) is 16.2. The van der Waals surface area contributed by atoms with E-state index in [2.05, 4.69) is 10.2 Å². The van der Waals surface area contributed by atoms with E-state index in [0.29, 0.717) is 31.9 Å². The van der Waals surface area contributed by atoms with E-state index in [9.17, 15) is 13.6 Å². The predicted molar refractivity (Wildman–Crippen MR) is 108 cm³/mol. The van der Waals surface area contributed by atoms with Crippen molar-refractivity contribution in [2.24, 2.45) is 0 Å². The summed E-state index contributed by atoms with van der Waals surface area (Å²) in [6.07, 6.45) is 0. The van der Waals surface area contributed by atoms with Crippen LogP contribution < -0.4 is 9.64 Å². The fraction of sp³-hybridized carbons (Fsp3) is 0.227. The molecule has 0 unspecified atom stereocenters. The molecular formula is C22H20F2N4O2. The van der Waals surface area contributed by atoms with Gasteiger partial charge in [0.1, 0.15) is 5.82 Å². The predicted octanol–water partition coefficient (Wildman–Crippen LogP) is 3.15. The molecule has 2 aromatic carbocycles. The molecule has 0 radical (unpaired) electrons. The van der Waals surface area contributed by atoms with Gasteiger partial charge in [-0.25, -0.2) is 8.78 Å². The van der Waals surface area contributed by atoms with E-state index in [-0.39, 0.29) is 24.1 Å². The number of ether oxygens (including phenoxy) is 1. The molecule has 0 N–H and O–H groups in total. The molecular weight excluding hydrogens is 390 g/mol. The molecule has 2 heterocycles. The first-order chi connectivity index (χ1) is 14.6. The monoisotopic (exact) mass is 410 g/mol. The zero-order chi connectivity index (χ0) is 20.9. The van der Waals surface area contributed by atoms with Crippen molar-refractivity contribution >= 4 is 11.7 Å². The number of halogens is 2. The molecule has 0 saturated carbocycles. The summed E-state index contributed by atoms with van der Waals surface area (Å²) in [6.45, 7) is 2.04. The van der Waals surface area contributed by atoms with Crippen LogP contribution in [-0.4, -0.2) is 53.8 Å². The Bertz CT molecular complexity index is 1000. The molecule has 1 saturated heterocycles. The van der Waals surface area contributed by atoms with Crippen LogP contribution in [0.1, 0.15) is 0 Å². The highest BCUT2D eigenvalue weighted by atomic mass is 19.1. The molecule has 1 aliphatic heterocycles. The zero-order valence-corrected chi connectivity index (χ0v) is 16.2. The Balaban J connectivity index is 1.30. The van der Waals surface area contributed by atoms with Gasteiger partial charge in [0.05, 0.1) is 5.69 Å². The Hall–Kier alpha value is -3.55. The van der Waals surface area contributed by atoms with Gasteiger partial charge in [0.15, 0.2) is 24.0 Å². The fourth-order valence-corrected chi connectivity index (χ4v) is 3.25. The quantitative estimate of drug-likeness (QED) is 0.647. The van der Waals surface area contributed by atoms with Crippen LogP contribution in [0.2, 0.25) is 0 Å². The minimum absolute atomic E-state index is 0.0704. The van der Waals surface area contributed by atoms with E-state index in [1.54, 1.807) is 29.2 Å². The van der Waals surface area contributed by atoms with Gasteiger partial charge in [-0.3, -0.25) is 4.79 Å². The minimum atomic E-state index is -0.488. The molecule has 0 aliphatic carbocycles. The fourth-order valence-electron chi connectivity index (χ4n) is 3.25. The Morgan fingerprint density at radius 2 is 1.63 bits per heavy atom. The standard InChI is InChI=1S/C22H20F2N4O2/c23-17-7-5-16(6-8-17)19-9-10-21(26-25-19)27-11-13-28(14-12-27)22(29)15-30-20-4-2-1-3-18(20)24/h1-10H,11-15H2. The highest BCUT2D eigenvalue weighted by Crippen LogP contribution is 2.20. The number of hydrogen-bond donors (Lipinski definition) is 0. The molecule has 1 amide bonds. The molecule has 154 valence electrons. The molecule has 8 heteroatoms. The van der Waals surface area contributed by atoms with Gasteiger partial charge in [0.2, 0.25) is 0 Å². The molecule has 3 aromatic rings. The van der Waals surface area contributed by atoms with Crippen LogP contribution in [0.3, 0.4) is 0 Å². The highest BCUT2D eigenvalue weighted by Gasteiger charge is 2.22. The molecule has 1 aliphatic rings. The van der Waals surface area contributed by atoms with Gasteiger partial charge in [-0.05, 0) is 48.5 Å². The first kappa shape index (κ1) is 19.8. The van der Waals surface area contributed by atoms with Crippen LogP contribution in [0.25, 0.3) is 11.3 Å². The third-order valence-corrected chi connectivity index (χ3v) is 4.93. The number of rotatable bonds is 5. The molecule has 0 atom stereocenters. The lowest BCUT2D eigenvalue weighted by atomic mass is 10.1. The smallest absolute Gasteiger partial charge is 0.260 e. The van der Waals surface area contributed by atoms with Crippen molar-refractivity contribution in [3.63, 3.8) is 0 Å². The van der Waals surface area contributed by atoms with Crippen molar-refractivity contribution in [3.8, 4) is 17.0 Å². The number of anilines is 1. The lowest BCUT2D eigenvalue weighted by Crippen LogP contribution is -2.50. The first-order valence-electron chi connectivity index (χ1n) is 9.60. The average Bonchev–Trinajstić information content (AvgIpc) is 2.79. The maximum atomic E-state index is 13.6.